The predicted molar refractivity (Wildman–Crippen MR) is 77.4 cm³/mol. The topological polar surface area (TPSA) is 62.4 Å². The van der Waals surface area contributed by atoms with E-state index in [1.807, 2.05) is 6.07 Å². The molecule has 1 aromatic heterocycles. The maximum Gasteiger partial charge on any atom is 0.337 e. The summed E-state index contributed by atoms with van der Waals surface area (Å²) in [6, 6.07) is 6.99. The van der Waals surface area contributed by atoms with Gasteiger partial charge in [0.2, 0.25) is 0 Å². The Balaban J connectivity index is 2.11. The third-order valence-corrected chi connectivity index (χ3v) is 3.69. The van der Waals surface area contributed by atoms with Crippen LogP contribution in [0.25, 0.3) is 10.9 Å². The number of hydrogen-bond donors (Lipinski definition) is 1. The molecule has 0 radical (unpaired) electrons. The molecule has 0 bridgehead atoms. The van der Waals surface area contributed by atoms with Crippen LogP contribution in [0.1, 0.15) is 23.2 Å². The number of H-pyrrole nitrogens is 1. The van der Waals surface area contributed by atoms with E-state index in [2.05, 4.69) is 9.88 Å². The molecule has 0 aliphatic carbocycles. The van der Waals surface area contributed by atoms with Crippen LogP contribution in [-0.2, 0) is 4.74 Å². The van der Waals surface area contributed by atoms with Crippen molar-refractivity contribution in [1.82, 2.24) is 4.98 Å². The zero-order valence-corrected chi connectivity index (χ0v) is 11.3. The number of esters is 1. The van der Waals surface area contributed by atoms with Crippen molar-refractivity contribution in [1.29, 1.82) is 0 Å². The minimum Gasteiger partial charge on any atom is -0.465 e. The minimum absolute atomic E-state index is 0.0785. The lowest BCUT2D eigenvalue weighted by atomic mass is 10.1. The molecule has 0 spiro atoms. The van der Waals surface area contributed by atoms with Crippen molar-refractivity contribution in [3.63, 3.8) is 0 Å². The van der Waals surface area contributed by atoms with Gasteiger partial charge >= 0.3 is 5.97 Å². The van der Waals surface area contributed by atoms with Crippen LogP contribution in [0, 0.1) is 0 Å². The number of nitrogens with zero attached hydrogens (tertiary/aromatic N) is 1. The molecular weight excluding hydrogens is 256 g/mol. The minimum atomic E-state index is -0.374. The normalized spacial score (nSPS) is 14.8. The third kappa shape index (κ3) is 2.15. The predicted octanol–water partition coefficient (Wildman–Crippen LogP) is 1.91. The Hall–Kier alpha value is -2.30. The first-order valence-corrected chi connectivity index (χ1v) is 6.69. The van der Waals surface area contributed by atoms with E-state index in [0.717, 1.165) is 36.8 Å². The molecule has 1 aliphatic rings. The summed E-state index contributed by atoms with van der Waals surface area (Å²) < 4.78 is 4.72. The Morgan fingerprint density at radius 1 is 1.25 bits per heavy atom. The lowest BCUT2D eigenvalue weighted by molar-refractivity contribution is 0.0601. The maximum atomic E-state index is 12.1. The molecule has 1 aliphatic heterocycles. The van der Waals surface area contributed by atoms with Gasteiger partial charge < -0.3 is 14.6 Å². The van der Waals surface area contributed by atoms with Crippen molar-refractivity contribution in [3.05, 3.63) is 40.2 Å². The number of nitrogens with one attached hydrogen (secondary N) is 1. The van der Waals surface area contributed by atoms with Gasteiger partial charge in [-0.3, -0.25) is 4.79 Å². The molecule has 0 amide bonds. The van der Waals surface area contributed by atoms with Crippen molar-refractivity contribution in [3.8, 4) is 0 Å². The van der Waals surface area contributed by atoms with Gasteiger partial charge in [-0.2, -0.15) is 0 Å². The maximum absolute atomic E-state index is 12.1. The summed E-state index contributed by atoms with van der Waals surface area (Å²) in [6.45, 7) is 1.82. The van der Waals surface area contributed by atoms with Gasteiger partial charge in [0, 0.05) is 24.0 Å². The standard InChI is InChI=1S/C15H16N2O3/c1-20-15(19)10-4-5-12-11(8-10)9-13(14(18)16-12)17-6-2-3-7-17/h4-5,8-9H,2-3,6-7H2,1H3,(H,16,18). The van der Waals surface area contributed by atoms with Gasteiger partial charge in [-0.25, -0.2) is 4.79 Å². The molecular formula is C15H16N2O3. The number of carbonyl (C=O) groups excluding carboxylic acids is 1. The van der Waals surface area contributed by atoms with E-state index in [9.17, 15) is 9.59 Å². The number of methoxy groups -OCH3 is 1. The Kier molecular flexibility index (Phi) is 3.18. The fourth-order valence-electron chi connectivity index (χ4n) is 2.63. The van der Waals surface area contributed by atoms with E-state index in [1.54, 1.807) is 18.2 Å². The van der Waals surface area contributed by atoms with Gasteiger partial charge in [-0.1, -0.05) is 0 Å². The van der Waals surface area contributed by atoms with Gasteiger partial charge in [0.05, 0.1) is 12.7 Å². The van der Waals surface area contributed by atoms with Crippen LogP contribution >= 0.6 is 0 Å². The molecule has 20 heavy (non-hydrogen) atoms. The second-order valence-electron chi connectivity index (χ2n) is 4.97. The van der Waals surface area contributed by atoms with E-state index in [4.69, 9.17) is 4.74 Å². The van der Waals surface area contributed by atoms with E-state index in [1.165, 1.54) is 7.11 Å². The number of aromatic nitrogens is 1. The average molecular weight is 272 g/mol. The van der Waals surface area contributed by atoms with Crippen LogP contribution in [0.5, 0.6) is 0 Å². The number of aromatic amines is 1. The number of hydrogen-bond acceptors (Lipinski definition) is 4. The molecule has 3 rings (SSSR count). The van der Waals surface area contributed by atoms with Gasteiger partial charge in [-0.05, 0) is 37.1 Å². The zero-order valence-electron chi connectivity index (χ0n) is 11.3. The van der Waals surface area contributed by atoms with Crippen LogP contribution in [-0.4, -0.2) is 31.2 Å². The molecule has 1 N–H and O–H groups in total. The number of pyridine rings is 1. The van der Waals surface area contributed by atoms with Crippen molar-refractivity contribution in [2.24, 2.45) is 0 Å². The number of rotatable bonds is 2. The summed E-state index contributed by atoms with van der Waals surface area (Å²) in [5.41, 5.74) is 1.81. The highest BCUT2D eigenvalue weighted by atomic mass is 16.5. The molecule has 0 unspecified atom stereocenters. The molecule has 1 fully saturated rings. The number of benzene rings is 1. The van der Waals surface area contributed by atoms with Gasteiger partial charge in [0.25, 0.3) is 5.56 Å². The SMILES string of the molecule is COC(=O)c1ccc2[nH]c(=O)c(N3CCCC3)cc2c1. The molecule has 5 nitrogen and oxygen atoms in total. The lowest BCUT2D eigenvalue weighted by Crippen LogP contribution is -2.25. The van der Waals surface area contributed by atoms with E-state index in [0.29, 0.717) is 11.3 Å². The summed E-state index contributed by atoms with van der Waals surface area (Å²) in [5, 5.41) is 0.842. The van der Waals surface area contributed by atoms with Gasteiger partial charge in [-0.15, -0.1) is 0 Å². The zero-order chi connectivity index (χ0) is 14.1. The Morgan fingerprint density at radius 2 is 2.00 bits per heavy atom. The summed E-state index contributed by atoms with van der Waals surface area (Å²) >= 11 is 0. The third-order valence-electron chi connectivity index (χ3n) is 3.69. The Morgan fingerprint density at radius 3 is 2.70 bits per heavy atom. The monoisotopic (exact) mass is 272 g/mol. The highest BCUT2D eigenvalue weighted by molar-refractivity contribution is 5.95. The molecule has 1 saturated heterocycles. The second-order valence-corrected chi connectivity index (χ2v) is 4.97. The molecule has 0 atom stereocenters. The molecule has 2 aromatic rings. The second kappa shape index (κ2) is 5.00. The fraction of sp³-hybridized carbons (Fsp3) is 0.333. The van der Waals surface area contributed by atoms with Crippen LogP contribution in [0.2, 0.25) is 0 Å². The van der Waals surface area contributed by atoms with Crippen LogP contribution in [0.15, 0.2) is 29.1 Å². The number of ether oxygens (including phenoxy) is 1. The summed E-state index contributed by atoms with van der Waals surface area (Å²) in [6.07, 6.45) is 2.22. The molecule has 2 heterocycles. The lowest BCUT2D eigenvalue weighted by Gasteiger charge is -2.16. The molecule has 1 aromatic carbocycles. The van der Waals surface area contributed by atoms with Crippen molar-refractivity contribution < 1.29 is 9.53 Å². The first-order chi connectivity index (χ1) is 9.69. The molecule has 5 heteroatoms. The van der Waals surface area contributed by atoms with Gasteiger partial charge in [0.15, 0.2) is 0 Å². The first-order valence-electron chi connectivity index (χ1n) is 6.69. The van der Waals surface area contributed by atoms with Gasteiger partial charge in [0.1, 0.15) is 5.69 Å². The van der Waals surface area contributed by atoms with E-state index >= 15 is 0 Å². The van der Waals surface area contributed by atoms with Crippen molar-refractivity contribution >= 4 is 22.6 Å². The average Bonchev–Trinajstić information content (AvgIpc) is 2.99. The van der Waals surface area contributed by atoms with E-state index in [-0.39, 0.29) is 11.5 Å². The first kappa shape index (κ1) is 12.7. The quantitative estimate of drug-likeness (QED) is 0.848. The Labute approximate surface area is 116 Å². The van der Waals surface area contributed by atoms with Crippen LogP contribution in [0.4, 0.5) is 5.69 Å². The van der Waals surface area contributed by atoms with Crippen molar-refractivity contribution in [2.75, 3.05) is 25.1 Å². The number of carbonyl (C=O) groups is 1. The molecule has 104 valence electrons. The van der Waals surface area contributed by atoms with Crippen LogP contribution < -0.4 is 10.5 Å². The smallest absolute Gasteiger partial charge is 0.337 e. The van der Waals surface area contributed by atoms with Crippen molar-refractivity contribution in [2.45, 2.75) is 12.8 Å². The van der Waals surface area contributed by atoms with E-state index < -0.39 is 0 Å². The Bertz CT molecular complexity index is 715. The highest BCUT2D eigenvalue weighted by Gasteiger charge is 2.16. The van der Waals surface area contributed by atoms with Crippen LogP contribution in [0.3, 0.4) is 0 Å². The highest BCUT2D eigenvalue weighted by Crippen LogP contribution is 2.21. The summed E-state index contributed by atoms with van der Waals surface area (Å²) in [4.78, 5) is 28.6. The number of anilines is 1. The summed E-state index contributed by atoms with van der Waals surface area (Å²) in [7, 11) is 1.36. The largest absolute Gasteiger partial charge is 0.465 e. The number of fused-ring (bicyclic) bond motifs is 1. The molecule has 0 saturated carbocycles. The fourth-order valence-corrected chi connectivity index (χ4v) is 2.63. The summed E-state index contributed by atoms with van der Waals surface area (Å²) in [5.74, 6) is -0.374.